The van der Waals surface area contributed by atoms with Gasteiger partial charge >= 0.3 is 5.51 Å². The summed E-state index contributed by atoms with van der Waals surface area (Å²) in [5.74, 6) is 0.141. The van der Waals surface area contributed by atoms with Gasteiger partial charge in [0.1, 0.15) is 0 Å². The summed E-state index contributed by atoms with van der Waals surface area (Å²) in [4.78, 5) is 0.626. The Labute approximate surface area is 135 Å². The van der Waals surface area contributed by atoms with Gasteiger partial charge in [-0.25, -0.2) is 8.42 Å². The number of hydrogen-bond donors (Lipinski definition) is 0. The molecule has 1 unspecified atom stereocenters. The lowest BCUT2D eigenvalue weighted by Crippen LogP contribution is -2.00. The van der Waals surface area contributed by atoms with Crippen molar-refractivity contribution in [2.45, 2.75) is 37.1 Å². The van der Waals surface area contributed by atoms with Crippen molar-refractivity contribution in [3.05, 3.63) is 35.2 Å². The SMILES string of the molecule is CS(=O)(=O)[O-].FC(F)(F)[s+]1c(C2CCCC2)cc2ccccc21. The van der Waals surface area contributed by atoms with Gasteiger partial charge in [-0.1, -0.05) is 25.0 Å². The van der Waals surface area contributed by atoms with Crippen LogP contribution in [0.3, 0.4) is 0 Å². The molecule has 128 valence electrons. The van der Waals surface area contributed by atoms with Crippen LogP contribution in [0.5, 0.6) is 0 Å². The summed E-state index contributed by atoms with van der Waals surface area (Å²) in [7, 11) is -5.60. The smallest absolute Gasteiger partial charge is 0.600 e. The zero-order chi connectivity index (χ0) is 17.3. The van der Waals surface area contributed by atoms with Crippen molar-refractivity contribution in [2.24, 2.45) is 0 Å². The van der Waals surface area contributed by atoms with Crippen molar-refractivity contribution in [1.82, 2.24) is 0 Å². The van der Waals surface area contributed by atoms with Crippen molar-refractivity contribution >= 4 is 30.7 Å². The molecular formula is C15H17F3O3S2. The van der Waals surface area contributed by atoms with E-state index in [4.69, 9.17) is 13.0 Å². The van der Waals surface area contributed by atoms with Crippen LogP contribution in [-0.2, 0) is 15.6 Å². The predicted molar refractivity (Wildman–Crippen MR) is 84.6 cm³/mol. The minimum atomic E-state index is -4.14. The van der Waals surface area contributed by atoms with Gasteiger partial charge < -0.3 is 4.55 Å². The monoisotopic (exact) mass is 366 g/mol. The first-order valence-electron chi connectivity index (χ1n) is 7.10. The molecule has 1 atom stereocenters. The molecule has 0 spiro atoms. The third kappa shape index (κ3) is 4.92. The lowest BCUT2D eigenvalue weighted by atomic mass is 10.1. The fourth-order valence-corrected chi connectivity index (χ4v) is 5.04. The number of rotatable bonds is 1. The van der Waals surface area contributed by atoms with Crippen LogP contribution in [-0.4, -0.2) is 19.2 Å². The van der Waals surface area contributed by atoms with Gasteiger partial charge in [-0.15, -0.1) is 13.2 Å². The highest BCUT2D eigenvalue weighted by Crippen LogP contribution is 2.55. The van der Waals surface area contributed by atoms with Crippen LogP contribution < -0.4 is 0 Å². The molecule has 0 N–H and O–H groups in total. The quantitative estimate of drug-likeness (QED) is 0.534. The number of thiophene rings is 1. The van der Waals surface area contributed by atoms with Crippen LogP contribution in [0.1, 0.15) is 36.5 Å². The Morgan fingerprint density at radius 2 is 1.70 bits per heavy atom. The van der Waals surface area contributed by atoms with E-state index in [-0.39, 0.29) is 5.92 Å². The van der Waals surface area contributed by atoms with Gasteiger partial charge in [-0.2, -0.15) is 0 Å². The predicted octanol–water partition coefficient (Wildman–Crippen LogP) is 4.88. The number of hydrogen-bond acceptors (Lipinski definition) is 3. The normalized spacial score (nSPS) is 17.2. The maximum absolute atomic E-state index is 13.3. The molecule has 0 bridgehead atoms. The molecule has 1 fully saturated rings. The molecule has 1 aliphatic carbocycles. The summed E-state index contributed by atoms with van der Waals surface area (Å²) in [5.41, 5.74) is -4.14. The van der Waals surface area contributed by atoms with Crippen LogP contribution in [0.25, 0.3) is 10.1 Å². The second kappa shape index (κ2) is 6.78. The van der Waals surface area contributed by atoms with Crippen LogP contribution in [0.15, 0.2) is 30.3 Å². The summed E-state index contributed by atoms with van der Waals surface area (Å²) in [6.45, 7) is 0. The van der Waals surface area contributed by atoms with Gasteiger partial charge in [0.15, 0.2) is 9.58 Å². The lowest BCUT2D eigenvalue weighted by Gasteiger charge is -2.05. The zero-order valence-corrected chi connectivity index (χ0v) is 14.1. The molecular weight excluding hydrogens is 349 g/mol. The molecule has 0 amide bonds. The maximum Gasteiger partial charge on any atom is 0.600 e. The average molecular weight is 366 g/mol. The zero-order valence-electron chi connectivity index (χ0n) is 12.5. The molecule has 1 aromatic carbocycles. The third-order valence-electron chi connectivity index (χ3n) is 3.66. The van der Waals surface area contributed by atoms with Crippen LogP contribution >= 0.6 is 10.5 Å². The van der Waals surface area contributed by atoms with Crippen LogP contribution in [0.4, 0.5) is 13.2 Å². The molecule has 1 heterocycles. The maximum atomic E-state index is 13.3. The molecule has 1 aromatic heterocycles. The van der Waals surface area contributed by atoms with Crippen molar-refractivity contribution < 1.29 is 26.1 Å². The molecule has 1 aliphatic rings. The first-order valence-corrected chi connectivity index (χ1v) is 10.1. The topological polar surface area (TPSA) is 57.2 Å². The Balaban J connectivity index is 0.000000338. The Kier molecular flexibility index (Phi) is 5.37. The molecule has 0 aliphatic heterocycles. The minimum absolute atomic E-state index is 0.141. The van der Waals surface area contributed by atoms with Gasteiger partial charge in [-0.3, -0.25) is 0 Å². The van der Waals surface area contributed by atoms with Crippen LogP contribution in [0, 0.1) is 0 Å². The fraction of sp³-hybridized carbons (Fsp3) is 0.467. The van der Waals surface area contributed by atoms with Gasteiger partial charge in [0.05, 0.1) is 20.6 Å². The molecule has 3 rings (SSSR count). The highest BCUT2D eigenvalue weighted by molar-refractivity contribution is 7.84. The van der Waals surface area contributed by atoms with E-state index in [1.165, 1.54) is 0 Å². The van der Waals surface area contributed by atoms with Crippen LogP contribution in [0.2, 0.25) is 0 Å². The van der Waals surface area contributed by atoms with Gasteiger partial charge in [0.2, 0.25) is 0 Å². The Morgan fingerprint density at radius 1 is 1.17 bits per heavy atom. The van der Waals surface area contributed by atoms with E-state index in [2.05, 4.69) is 0 Å². The largest absolute Gasteiger partial charge is 0.748 e. The van der Waals surface area contributed by atoms with Gasteiger partial charge in [0, 0.05) is 23.6 Å². The van der Waals surface area contributed by atoms with E-state index in [1.54, 1.807) is 24.3 Å². The van der Waals surface area contributed by atoms with Crippen molar-refractivity contribution in [2.75, 3.05) is 6.26 Å². The van der Waals surface area contributed by atoms with E-state index in [1.807, 2.05) is 6.07 Å². The molecule has 8 heteroatoms. The summed E-state index contributed by atoms with van der Waals surface area (Å²) < 4.78 is 67.6. The van der Waals surface area contributed by atoms with E-state index < -0.39 is 26.1 Å². The standard InChI is InChI=1S/C14H14F3S.CH4O3S/c15-14(16,17)18-12-8-4-3-7-11(12)9-13(18)10-5-1-2-6-10;1-5(2,3)4/h3-4,7-10H,1-2,5-6H2;1H3,(H,2,3,4)/q+1;/p-1. The minimum Gasteiger partial charge on any atom is -0.748 e. The van der Waals surface area contributed by atoms with Crippen molar-refractivity contribution in [3.8, 4) is 0 Å². The van der Waals surface area contributed by atoms with E-state index in [0.717, 1.165) is 31.1 Å². The Morgan fingerprint density at radius 3 is 2.22 bits per heavy atom. The van der Waals surface area contributed by atoms with Gasteiger partial charge in [-0.05, 0) is 25.0 Å². The summed E-state index contributed by atoms with van der Waals surface area (Å²) in [5, 5.41) is 0.764. The highest BCUT2D eigenvalue weighted by Gasteiger charge is 2.49. The average Bonchev–Trinajstić information content (AvgIpc) is 3.02. The Bertz CT molecular complexity index is 765. The molecule has 3 nitrogen and oxygen atoms in total. The molecule has 0 radical (unpaired) electrons. The number of alkyl halides is 3. The molecule has 2 aromatic rings. The Hall–Kier alpha value is -1.12. The number of halogens is 3. The summed E-state index contributed by atoms with van der Waals surface area (Å²) in [6, 6.07) is 8.73. The second-order valence-corrected chi connectivity index (χ2v) is 8.92. The van der Waals surface area contributed by atoms with Crippen molar-refractivity contribution in [1.29, 1.82) is 0 Å². The molecule has 1 saturated carbocycles. The number of fused-ring (bicyclic) bond motifs is 1. The van der Waals surface area contributed by atoms with E-state index >= 15 is 0 Å². The summed E-state index contributed by atoms with van der Waals surface area (Å²) >= 11 is 0. The van der Waals surface area contributed by atoms with Gasteiger partial charge in [0.25, 0.3) is 0 Å². The third-order valence-corrected chi connectivity index (χ3v) is 5.86. The van der Waals surface area contributed by atoms with Crippen molar-refractivity contribution in [3.63, 3.8) is 0 Å². The van der Waals surface area contributed by atoms with E-state index in [9.17, 15) is 13.2 Å². The molecule has 23 heavy (non-hydrogen) atoms. The van der Waals surface area contributed by atoms with E-state index in [0.29, 0.717) is 15.8 Å². The second-order valence-electron chi connectivity index (χ2n) is 5.52. The first-order chi connectivity index (χ1) is 10.6. The highest BCUT2D eigenvalue weighted by atomic mass is 32.2. The first kappa shape index (κ1) is 18.2. The number of benzene rings is 1. The fourth-order valence-electron chi connectivity index (χ4n) is 2.88. The summed E-state index contributed by atoms with van der Waals surface area (Å²) in [6.07, 6.45) is 4.56. The molecule has 0 saturated heterocycles. The lowest BCUT2D eigenvalue weighted by molar-refractivity contribution is -0.0868.